The Morgan fingerprint density at radius 3 is 2.21 bits per heavy atom. The molecule has 0 rings (SSSR count). The van der Waals surface area contributed by atoms with E-state index < -0.39 is 11.6 Å². The Morgan fingerprint density at radius 2 is 1.86 bits per heavy atom. The number of carboxylic acids is 1. The Hall–Kier alpha value is -0.260. The zero-order chi connectivity index (χ0) is 11.4. The van der Waals surface area contributed by atoms with E-state index in [2.05, 4.69) is 19.2 Å². The van der Waals surface area contributed by atoms with Crippen LogP contribution in [0.2, 0.25) is 0 Å². The smallest absolute Gasteiger partial charge is 0.336 e. The minimum Gasteiger partial charge on any atom is -0.479 e. The van der Waals surface area contributed by atoms with Gasteiger partial charge < -0.3 is 15.5 Å². The third kappa shape index (κ3) is 4.83. The van der Waals surface area contributed by atoms with Crippen molar-refractivity contribution in [3.63, 3.8) is 0 Å². The Morgan fingerprint density at radius 1 is 1.36 bits per heavy atom. The van der Waals surface area contributed by atoms with Crippen molar-refractivity contribution in [3.05, 3.63) is 0 Å². The molecule has 14 heavy (non-hydrogen) atoms. The summed E-state index contributed by atoms with van der Waals surface area (Å²) in [5.41, 5.74) is -1.69. The number of hydrogen-bond acceptors (Lipinski definition) is 4. The zero-order valence-corrected chi connectivity index (χ0v) is 9.94. The maximum absolute atomic E-state index is 10.6. The van der Waals surface area contributed by atoms with Gasteiger partial charge in [0.15, 0.2) is 5.60 Å². The highest BCUT2D eigenvalue weighted by atomic mass is 32.2. The summed E-state index contributed by atoms with van der Waals surface area (Å²) in [6.45, 7) is 6.12. The third-order valence-electron chi connectivity index (χ3n) is 2.03. The summed E-state index contributed by atoms with van der Waals surface area (Å²) in [5.74, 6) is -1.20. The summed E-state index contributed by atoms with van der Waals surface area (Å²) in [5, 5.41) is 21.0. The molecule has 5 heteroatoms. The minimum absolute atomic E-state index is 0.0502. The highest BCUT2D eigenvalue weighted by Crippen LogP contribution is 2.19. The summed E-state index contributed by atoms with van der Waals surface area (Å²) in [6.07, 6.45) is 2.00. The fraction of sp³-hybridized carbons (Fsp3) is 0.889. The molecule has 3 N–H and O–H groups in total. The average molecular weight is 221 g/mol. The first-order chi connectivity index (χ1) is 6.21. The number of aliphatic hydroxyl groups is 1. The molecule has 0 aromatic carbocycles. The number of aliphatic carboxylic acids is 1. The molecule has 0 aliphatic heterocycles. The lowest BCUT2D eigenvalue weighted by Gasteiger charge is -2.25. The van der Waals surface area contributed by atoms with Crippen molar-refractivity contribution < 1.29 is 15.0 Å². The van der Waals surface area contributed by atoms with Crippen molar-refractivity contribution in [1.29, 1.82) is 0 Å². The minimum atomic E-state index is -1.69. The van der Waals surface area contributed by atoms with Crippen molar-refractivity contribution in [2.24, 2.45) is 0 Å². The third-order valence-corrected chi connectivity index (χ3v) is 3.28. The van der Waals surface area contributed by atoms with Crippen LogP contribution in [0.3, 0.4) is 0 Å². The number of rotatable bonds is 6. The van der Waals surface area contributed by atoms with E-state index >= 15 is 0 Å². The fourth-order valence-corrected chi connectivity index (χ4v) is 1.00. The van der Waals surface area contributed by atoms with Crippen molar-refractivity contribution in [2.45, 2.75) is 31.1 Å². The molecule has 0 aliphatic carbocycles. The Labute approximate surface area is 89.1 Å². The zero-order valence-electron chi connectivity index (χ0n) is 9.13. The number of nitrogens with one attached hydrogen (secondary N) is 1. The average Bonchev–Trinajstić information content (AvgIpc) is 2.03. The normalized spacial score (nSPS) is 16.4. The van der Waals surface area contributed by atoms with E-state index in [9.17, 15) is 9.90 Å². The van der Waals surface area contributed by atoms with E-state index in [1.165, 1.54) is 6.92 Å². The lowest BCUT2D eigenvalue weighted by Crippen LogP contribution is -2.47. The second-order valence-electron chi connectivity index (χ2n) is 4.15. The van der Waals surface area contributed by atoms with Crippen LogP contribution in [-0.2, 0) is 4.79 Å². The lowest BCUT2D eigenvalue weighted by molar-refractivity contribution is -0.156. The molecule has 4 nitrogen and oxygen atoms in total. The lowest BCUT2D eigenvalue weighted by atomic mass is 10.1. The molecule has 0 aliphatic rings. The highest BCUT2D eigenvalue weighted by Gasteiger charge is 2.30. The van der Waals surface area contributed by atoms with Crippen LogP contribution in [0.5, 0.6) is 0 Å². The molecule has 0 heterocycles. The number of thioether (sulfide) groups is 1. The van der Waals surface area contributed by atoms with Crippen LogP contribution in [0.1, 0.15) is 20.8 Å². The van der Waals surface area contributed by atoms with Crippen molar-refractivity contribution in [2.75, 3.05) is 19.3 Å². The molecule has 0 amide bonds. The van der Waals surface area contributed by atoms with Gasteiger partial charge >= 0.3 is 5.97 Å². The largest absolute Gasteiger partial charge is 0.479 e. The summed E-state index contributed by atoms with van der Waals surface area (Å²) in [6, 6.07) is 0. The molecule has 0 fully saturated rings. The van der Waals surface area contributed by atoms with Gasteiger partial charge in [-0.1, -0.05) is 0 Å². The van der Waals surface area contributed by atoms with Crippen LogP contribution >= 0.6 is 11.8 Å². The van der Waals surface area contributed by atoms with Gasteiger partial charge in [0.2, 0.25) is 0 Å². The molecule has 1 unspecified atom stereocenters. The second-order valence-corrected chi connectivity index (χ2v) is 5.66. The number of hydrogen-bond donors (Lipinski definition) is 3. The van der Waals surface area contributed by atoms with Gasteiger partial charge in [0.05, 0.1) is 0 Å². The summed E-state index contributed by atoms with van der Waals surface area (Å²) in [4.78, 5) is 10.6. The number of carboxylic acid groups (broad SMARTS) is 1. The molecule has 0 spiro atoms. The number of carbonyl (C=O) groups is 1. The first-order valence-corrected chi connectivity index (χ1v) is 5.65. The van der Waals surface area contributed by atoms with Crippen LogP contribution in [0.25, 0.3) is 0 Å². The monoisotopic (exact) mass is 221 g/mol. The molecular formula is C9H19NO3S. The molecule has 0 bridgehead atoms. The van der Waals surface area contributed by atoms with E-state index in [0.717, 1.165) is 0 Å². The van der Waals surface area contributed by atoms with E-state index in [4.69, 9.17) is 5.11 Å². The molecule has 0 aromatic rings. The van der Waals surface area contributed by atoms with Crippen molar-refractivity contribution >= 4 is 17.7 Å². The van der Waals surface area contributed by atoms with Crippen molar-refractivity contribution in [1.82, 2.24) is 5.32 Å². The van der Waals surface area contributed by atoms with Gasteiger partial charge in [-0.3, -0.25) is 0 Å². The maximum atomic E-state index is 10.6. The van der Waals surface area contributed by atoms with Gasteiger partial charge in [-0.25, -0.2) is 4.79 Å². The molecule has 1 atom stereocenters. The Balaban J connectivity index is 3.91. The molecule has 0 radical (unpaired) electrons. The van der Waals surface area contributed by atoms with Crippen LogP contribution < -0.4 is 5.32 Å². The fourth-order valence-electron chi connectivity index (χ4n) is 0.755. The van der Waals surface area contributed by atoms with Gasteiger partial charge in [0.25, 0.3) is 0 Å². The summed E-state index contributed by atoms with van der Waals surface area (Å²) in [7, 11) is 0. The van der Waals surface area contributed by atoms with E-state index in [1.807, 2.05) is 6.26 Å². The first kappa shape index (κ1) is 13.7. The Kier molecular flexibility index (Phi) is 4.91. The quantitative estimate of drug-likeness (QED) is 0.611. The highest BCUT2D eigenvalue weighted by molar-refractivity contribution is 7.99. The van der Waals surface area contributed by atoms with Gasteiger partial charge in [0.1, 0.15) is 0 Å². The SMILES string of the molecule is CSC(C)(C)CNCC(C)(O)C(=O)O. The predicted molar refractivity (Wildman–Crippen MR) is 58.7 cm³/mol. The second kappa shape index (κ2) is 5.00. The summed E-state index contributed by atoms with van der Waals surface area (Å²) >= 11 is 1.69. The molecular weight excluding hydrogens is 202 g/mol. The van der Waals surface area contributed by atoms with Crippen LogP contribution in [0.4, 0.5) is 0 Å². The Bertz CT molecular complexity index is 204. The van der Waals surface area contributed by atoms with E-state index in [1.54, 1.807) is 11.8 Å². The maximum Gasteiger partial charge on any atom is 0.336 e. The van der Waals surface area contributed by atoms with Crippen molar-refractivity contribution in [3.8, 4) is 0 Å². The van der Waals surface area contributed by atoms with Crippen LogP contribution in [0, 0.1) is 0 Å². The molecule has 0 saturated carbocycles. The van der Waals surface area contributed by atoms with Gasteiger partial charge in [-0.05, 0) is 27.0 Å². The molecule has 0 saturated heterocycles. The first-order valence-electron chi connectivity index (χ1n) is 4.43. The van der Waals surface area contributed by atoms with E-state index in [0.29, 0.717) is 6.54 Å². The molecule has 0 aromatic heterocycles. The van der Waals surface area contributed by atoms with Gasteiger partial charge in [-0.2, -0.15) is 11.8 Å². The van der Waals surface area contributed by atoms with Crippen LogP contribution in [-0.4, -0.2) is 45.9 Å². The standard InChI is InChI=1S/C9H19NO3S/c1-8(2,14-4)5-10-6-9(3,13)7(11)12/h10,13H,5-6H2,1-4H3,(H,11,12). The van der Waals surface area contributed by atoms with Gasteiger partial charge in [0, 0.05) is 17.8 Å². The van der Waals surface area contributed by atoms with Crippen LogP contribution in [0.15, 0.2) is 0 Å². The summed E-state index contributed by atoms with van der Waals surface area (Å²) < 4.78 is 0.0502. The van der Waals surface area contributed by atoms with Gasteiger partial charge in [-0.15, -0.1) is 0 Å². The topological polar surface area (TPSA) is 69.6 Å². The predicted octanol–water partition coefficient (Wildman–Crippen LogP) is 0.553. The van der Waals surface area contributed by atoms with E-state index in [-0.39, 0.29) is 11.3 Å². The molecule has 84 valence electrons.